The molecule has 2 aliphatic rings. The third-order valence-electron chi connectivity index (χ3n) is 3.47. The van der Waals surface area contributed by atoms with Crippen LogP contribution in [0.15, 0.2) is 24.3 Å². The largest absolute Gasteiger partial charge is 0.486 e. The molecule has 0 N–H and O–H groups in total. The van der Waals surface area contributed by atoms with E-state index in [2.05, 4.69) is 4.90 Å². The number of hydrogen-bond donors (Lipinski definition) is 0. The molecule has 1 saturated heterocycles. The van der Waals surface area contributed by atoms with Crippen molar-refractivity contribution in [2.45, 2.75) is 6.10 Å². The van der Waals surface area contributed by atoms with Gasteiger partial charge >= 0.3 is 0 Å². The topological polar surface area (TPSA) is 55.8 Å². The Morgan fingerprint density at radius 3 is 2.58 bits per heavy atom. The quantitative estimate of drug-likeness (QED) is 0.793. The van der Waals surface area contributed by atoms with Gasteiger partial charge in [0.2, 0.25) is 0 Å². The van der Waals surface area contributed by atoms with Crippen molar-refractivity contribution < 1.29 is 17.9 Å². The average molecular weight is 283 g/mol. The smallest absolute Gasteiger partial charge is 0.161 e. The van der Waals surface area contributed by atoms with Crippen LogP contribution in [-0.2, 0) is 9.84 Å². The fourth-order valence-electron chi connectivity index (χ4n) is 2.37. The minimum atomic E-state index is -2.82. The van der Waals surface area contributed by atoms with E-state index in [-0.39, 0.29) is 17.6 Å². The summed E-state index contributed by atoms with van der Waals surface area (Å²) in [5, 5.41) is 0. The standard InChI is InChI=1S/C13H17NO4S/c15-19(16)7-5-14(6-8-19)9-11-10-17-12-3-1-2-4-13(12)18-11/h1-4,11H,5-10H2. The SMILES string of the molecule is O=S1(=O)CCN(CC2COc3ccccc3O2)CC1. The van der Waals surface area contributed by atoms with E-state index in [1.165, 1.54) is 0 Å². The van der Waals surface area contributed by atoms with Crippen molar-refractivity contribution in [3.8, 4) is 11.5 Å². The van der Waals surface area contributed by atoms with E-state index >= 15 is 0 Å². The van der Waals surface area contributed by atoms with E-state index in [0.29, 0.717) is 26.2 Å². The first kappa shape index (κ1) is 12.7. The number of rotatable bonds is 2. The predicted octanol–water partition coefficient (Wildman–Crippen LogP) is 0.557. The van der Waals surface area contributed by atoms with Crippen LogP contribution in [0.4, 0.5) is 0 Å². The van der Waals surface area contributed by atoms with Crippen molar-refractivity contribution in [3.05, 3.63) is 24.3 Å². The van der Waals surface area contributed by atoms with Crippen LogP contribution < -0.4 is 9.47 Å². The molecule has 0 aromatic heterocycles. The van der Waals surface area contributed by atoms with Crippen molar-refractivity contribution in [2.24, 2.45) is 0 Å². The molecule has 1 fully saturated rings. The highest BCUT2D eigenvalue weighted by Crippen LogP contribution is 2.31. The number of nitrogens with zero attached hydrogens (tertiary/aromatic N) is 1. The molecule has 19 heavy (non-hydrogen) atoms. The summed E-state index contributed by atoms with van der Waals surface area (Å²) in [4.78, 5) is 2.13. The molecule has 3 rings (SSSR count). The van der Waals surface area contributed by atoms with Gasteiger partial charge in [-0.1, -0.05) is 12.1 Å². The van der Waals surface area contributed by atoms with Gasteiger partial charge in [-0.15, -0.1) is 0 Å². The molecule has 0 spiro atoms. The van der Waals surface area contributed by atoms with Gasteiger partial charge in [-0.25, -0.2) is 8.42 Å². The van der Waals surface area contributed by atoms with Crippen LogP contribution in [0.25, 0.3) is 0 Å². The molecular weight excluding hydrogens is 266 g/mol. The summed E-state index contributed by atoms with van der Waals surface area (Å²) in [6.45, 7) is 2.40. The molecule has 0 amide bonds. The number of sulfone groups is 1. The summed E-state index contributed by atoms with van der Waals surface area (Å²) < 4.78 is 34.3. The Kier molecular flexibility index (Phi) is 3.36. The number of fused-ring (bicyclic) bond motifs is 1. The van der Waals surface area contributed by atoms with Crippen LogP contribution in [0.5, 0.6) is 11.5 Å². The van der Waals surface area contributed by atoms with E-state index in [4.69, 9.17) is 9.47 Å². The van der Waals surface area contributed by atoms with E-state index in [1.54, 1.807) is 0 Å². The summed E-state index contributed by atoms with van der Waals surface area (Å²) in [5.41, 5.74) is 0. The van der Waals surface area contributed by atoms with Crippen LogP contribution in [0.1, 0.15) is 0 Å². The Balaban J connectivity index is 1.58. The molecule has 6 heteroatoms. The Bertz CT molecular complexity index is 544. The lowest BCUT2D eigenvalue weighted by Crippen LogP contribution is -2.47. The van der Waals surface area contributed by atoms with Crippen LogP contribution in [-0.4, -0.2) is 57.2 Å². The molecule has 0 aliphatic carbocycles. The number of para-hydroxylation sites is 2. The fourth-order valence-corrected chi connectivity index (χ4v) is 3.65. The van der Waals surface area contributed by atoms with Gasteiger partial charge in [0, 0.05) is 19.6 Å². The van der Waals surface area contributed by atoms with E-state index in [0.717, 1.165) is 11.5 Å². The Morgan fingerprint density at radius 1 is 1.16 bits per heavy atom. The third kappa shape index (κ3) is 3.01. The molecule has 1 unspecified atom stereocenters. The van der Waals surface area contributed by atoms with Crippen molar-refractivity contribution >= 4 is 9.84 Å². The predicted molar refractivity (Wildman–Crippen MR) is 71.4 cm³/mol. The maximum Gasteiger partial charge on any atom is 0.161 e. The second-order valence-electron chi connectivity index (χ2n) is 4.95. The summed E-state index contributed by atoms with van der Waals surface area (Å²) in [7, 11) is -2.82. The number of benzene rings is 1. The maximum atomic E-state index is 11.4. The monoisotopic (exact) mass is 283 g/mol. The molecule has 2 heterocycles. The van der Waals surface area contributed by atoms with Gasteiger partial charge in [-0.05, 0) is 12.1 Å². The first-order valence-electron chi connectivity index (χ1n) is 6.44. The van der Waals surface area contributed by atoms with E-state index in [1.807, 2.05) is 24.3 Å². The lowest BCUT2D eigenvalue weighted by Gasteiger charge is -2.32. The van der Waals surface area contributed by atoms with Crippen molar-refractivity contribution in [1.82, 2.24) is 4.90 Å². The molecular formula is C13H17NO4S. The average Bonchev–Trinajstić information content (AvgIpc) is 2.41. The molecule has 104 valence electrons. The lowest BCUT2D eigenvalue weighted by molar-refractivity contribution is 0.0610. The first-order valence-corrected chi connectivity index (χ1v) is 8.26. The Morgan fingerprint density at radius 2 is 1.84 bits per heavy atom. The van der Waals surface area contributed by atoms with Gasteiger partial charge in [-0.3, -0.25) is 4.90 Å². The van der Waals surface area contributed by atoms with Crippen LogP contribution in [0.2, 0.25) is 0 Å². The zero-order valence-electron chi connectivity index (χ0n) is 10.6. The third-order valence-corrected chi connectivity index (χ3v) is 5.08. The molecule has 2 aliphatic heterocycles. The molecule has 1 atom stereocenters. The molecule has 5 nitrogen and oxygen atoms in total. The van der Waals surface area contributed by atoms with Crippen molar-refractivity contribution in [3.63, 3.8) is 0 Å². The molecule has 0 radical (unpaired) electrons. The lowest BCUT2D eigenvalue weighted by atomic mass is 10.2. The molecule has 0 bridgehead atoms. The minimum absolute atomic E-state index is 0.0318. The van der Waals surface area contributed by atoms with E-state index in [9.17, 15) is 8.42 Å². The molecule has 1 aromatic carbocycles. The second kappa shape index (κ2) is 5.02. The maximum absolute atomic E-state index is 11.4. The zero-order chi connectivity index (χ0) is 13.3. The minimum Gasteiger partial charge on any atom is -0.486 e. The second-order valence-corrected chi connectivity index (χ2v) is 7.25. The highest BCUT2D eigenvalue weighted by molar-refractivity contribution is 7.91. The highest BCUT2D eigenvalue weighted by atomic mass is 32.2. The Hall–Kier alpha value is -1.27. The number of ether oxygens (including phenoxy) is 2. The fraction of sp³-hybridized carbons (Fsp3) is 0.538. The van der Waals surface area contributed by atoms with Gasteiger partial charge in [-0.2, -0.15) is 0 Å². The van der Waals surface area contributed by atoms with E-state index < -0.39 is 9.84 Å². The van der Waals surface area contributed by atoms with Gasteiger partial charge in [0.25, 0.3) is 0 Å². The first-order chi connectivity index (χ1) is 9.12. The van der Waals surface area contributed by atoms with Crippen LogP contribution in [0.3, 0.4) is 0 Å². The molecule has 1 aromatic rings. The van der Waals surface area contributed by atoms with Gasteiger partial charge < -0.3 is 9.47 Å². The van der Waals surface area contributed by atoms with Gasteiger partial charge in [0.05, 0.1) is 11.5 Å². The van der Waals surface area contributed by atoms with Crippen LogP contribution >= 0.6 is 0 Å². The van der Waals surface area contributed by atoms with Gasteiger partial charge in [0.1, 0.15) is 12.7 Å². The van der Waals surface area contributed by atoms with Crippen LogP contribution in [0, 0.1) is 0 Å². The normalized spacial score (nSPS) is 26.0. The summed E-state index contributed by atoms with van der Waals surface area (Å²) in [6.07, 6.45) is -0.0318. The van der Waals surface area contributed by atoms with Crippen molar-refractivity contribution in [1.29, 1.82) is 0 Å². The Labute approximate surface area is 113 Å². The molecule has 0 saturated carbocycles. The highest BCUT2D eigenvalue weighted by Gasteiger charge is 2.27. The summed E-state index contributed by atoms with van der Waals surface area (Å²) >= 11 is 0. The zero-order valence-corrected chi connectivity index (χ0v) is 11.4. The number of hydrogen-bond acceptors (Lipinski definition) is 5. The van der Waals surface area contributed by atoms with Gasteiger partial charge in [0.15, 0.2) is 21.3 Å². The summed E-state index contributed by atoms with van der Waals surface area (Å²) in [5.74, 6) is 2.04. The summed E-state index contributed by atoms with van der Waals surface area (Å²) in [6, 6.07) is 7.61. The van der Waals surface area contributed by atoms with Crippen molar-refractivity contribution in [2.75, 3.05) is 37.7 Å².